The molecule has 0 saturated heterocycles. The van der Waals surface area contributed by atoms with Crippen LogP contribution in [-0.2, 0) is 4.79 Å². The number of likely N-dealkylation sites (N-methyl/N-ethyl adjacent to an activating group) is 1. The fraction of sp³-hybridized carbons (Fsp3) is 0.500. The first-order chi connectivity index (χ1) is 10.4. The van der Waals surface area contributed by atoms with E-state index in [9.17, 15) is 4.79 Å². The molecule has 1 aromatic carbocycles. The number of fused-ring (bicyclic) bond motifs is 1. The first-order valence-corrected chi connectivity index (χ1v) is 7.41. The van der Waals surface area contributed by atoms with Gasteiger partial charge in [-0.1, -0.05) is 18.2 Å². The maximum Gasteiger partial charge on any atom is 0.239 e. The van der Waals surface area contributed by atoms with Crippen LogP contribution in [0.3, 0.4) is 0 Å². The Balaban J connectivity index is 2.12. The van der Waals surface area contributed by atoms with Gasteiger partial charge in [-0.25, -0.2) is 0 Å². The van der Waals surface area contributed by atoms with E-state index in [2.05, 4.69) is 34.8 Å². The van der Waals surface area contributed by atoms with Gasteiger partial charge in [0.05, 0.1) is 12.6 Å². The number of guanidine groups is 1. The molecular weight excluding hydrogens is 280 g/mol. The summed E-state index contributed by atoms with van der Waals surface area (Å²) in [7, 11) is 3.30. The summed E-state index contributed by atoms with van der Waals surface area (Å²) >= 11 is 0. The Kier molecular flexibility index (Phi) is 4.90. The number of para-hydroxylation sites is 1. The first-order valence-electron chi connectivity index (χ1n) is 7.41. The fourth-order valence-electron chi connectivity index (χ4n) is 2.54. The van der Waals surface area contributed by atoms with Crippen molar-refractivity contribution in [3.8, 4) is 5.75 Å². The van der Waals surface area contributed by atoms with E-state index in [-0.39, 0.29) is 24.1 Å². The molecule has 0 radical (unpaired) electrons. The van der Waals surface area contributed by atoms with E-state index in [1.165, 1.54) is 0 Å². The average Bonchev–Trinajstić information content (AvgIpc) is 2.49. The summed E-state index contributed by atoms with van der Waals surface area (Å²) in [6.45, 7) is 4.32. The zero-order valence-corrected chi connectivity index (χ0v) is 13.6. The van der Waals surface area contributed by atoms with E-state index in [0.717, 1.165) is 17.7 Å². The smallest absolute Gasteiger partial charge is 0.239 e. The van der Waals surface area contributed by atoms with E-state index in [4.69, 9.17) is 4.74 Å². The standard InChI is InChI=1S/C16H24N4O2/c1-16(2)9-12(11-7-5-6-8-13(11)22-16)20-15(18-4)19-10-14(21)17-3/h5-8,12H,9-10H2,1-4H3,(H,17,21)(H2,18,19,20). The number of nitrogens with zero attached hydrogens (tertiary/aromatic N) is 1. The maximum absolute atomic E-state index is 11.3. The van der Waals surface area contributed by atoms with Crippen LogP contribution in [0.25, 0.3) is 0 Å². The number of hydrogen-bond acceptors (Lipinski definition) is 3. The van der Waals surface area contributed by atoms with Gasteiger partial charge in [0, 0.05) is 26.1 Å². The fourth-order valence-corrected chi connectivity index (χ4v) is 2.54. The van der Waals surface area contributed by atoms with Crippen molar-refractivity contribution in [2.24, 2.45) is 4.99 Å². The van der Waals surface area contributed by atoms with Crippen LogP contribution in [0.15, 0.2) is 29.3 Å². The molecule has 0 aliphatic carbocycles. The Morgan fingerprint density at radius 2 is 2.14 bits per heavy atom. The van der Waals surface area contributed by atoms with Crippen LogP contribution < -0.4 is 20.7 Å². The van der Waals surface area contributed by atoms with Crippen molar-refractivity contribution in [1.29, 1.82) is 0 Å². The summed E-state index contributed by atoms with van der Waals surface area (Å²) in [5.74, 6) is 1.40. The second-order valence-corrected chi connectivity index (χ2v) is 5.90. The molecule has 3 N–H and O–H groups in total. The van der Waals surface area contributed by atoms with Gasteiger partial charge in [0.2, 0.25) is 5.91 Å². The summed E-state index contributed by atoms with van der Waals surface area (Å²) in [5, 5.41) is 8.96. The number of amides is 1. The van der Waals surface area contributed by atoms with Gasteiger partial charge < -0.3 is 20.7 Å². The third kappa shape index (κ3) is 3.90. The molecular formula is C16H24N4O2. The number of hydrogen-bond donors (Lipinski definition) is 3. The van der Waals surface area contributed by atoms with Gasteiger partial charge in [-0.2, -0.15) is 0 Å². The lowest BCUT2D eigenvalue weighted by molar-refractivity contribution is -0.119. The zero-order chi connectivity index (χ0) is 16.2. The first kappa shape index (κ1) is 16.1. The quantitative estimate of drug-likeness (QED) is 0.579. The second kappa shape index (κ2) is 6.68. The topological polar surface area (TPSA) is 74.8 Å². The third-order valence-electron chi connectivity index (χ3n) is 3.61. The van der Waals surface area contributed by atoms with Crippen LogP contribution in [0.1, 0.15) is 31.9 Å². The van der Waals surface area contributed by atoms with Crippen LogP contribution in [0, 0.1) is 0 Å². The molecule has 0 aromatic heterocycles. The Morgan fingerprint density at radius 1 is 1.41 bits per heavy atom. The number of carbonyl (C=O) groups is 1. The molecule has 1 aliphatic heterocycles. The molecule has 1 heterocycles. The normalized spacial score (nSPS) is 19.6. The maximum atomic E-state index is 11.3. The van der Waals surface area contributed by atoms with Crippen LogP contribution in [0.5, 0.6) is 5.75 Å². The number of ether oxygens (including phenoxy) is 1. The molecule has 6 heteroatoms. The summed E-state index contributed by atoms with van der Waals surface area (Å²) in [6.07, 6.45) is 0.810. The highest BCUT2D eigenvalue weighted by Gasteiger charge is 2.33. The van der Waals surface area contributed by atoms with Gasteiger partial charge in [0.1, 0.15) is 11.4 Å². The SMILES string of the molecule is CN=C(NCC(=O)NC)NC1CC(C)(C)Oc2ccccc21. The highest BCUT2D eigenvalue weighted by molar-refractivity contribution is 5.86. The molecule has 1 aliphatic rings. The Bertz CT molecular complexity index is 569. The summed E-state index contributed by atoms with van der Waals surface area (Å²) in [5.41, 5.74) is 0.843. The van der Waals surface area contributed by atoms with Crippen LogP contribution in [0.2, 0.25) is 0 Å². The predicted molar refractivity (Wildman–Crippen MR) is 87.1 cm³/mol. The van der Waals surface area contributed by atoms with Gasteiger partial charge in [-0.15, -0.1) is 0 Å². The van der Waals surface area contributed by atoms with E-state index >= 15 is 0 Å². The minimum absolute atomic E-state index is 0.0795. The molecule has 1 amide bonds. The average molecular weight is 304 g/mol. The molecule has 120 valence electrons. The van der Waals surface area contributed by atoms with Gasteiger partial charge in [0.25, 0.3) is 0 Å². The number of nitrogens with one attached hydrogen (secondary N) is 3. The van der Waals surface area contributed by atoms with E-state index in [1.54, 1.807) is 14.1 Å². The number of aliphatic imine (C=N–C) groups is 1. The number of carbonyl (C=O) groups excluding carboxylic acids is 1. The lowest BCUT2D eigenvalue weighted by Crippen LogP contribution is -2.47. The zero-order valence-electron chi connectivity index (χ0n) is 13.6. The molecule has 22 heavy (non-hydrogen) atoms. The lowest BCUT2D eigenvalue weighted by atomic mass is 9.90. The molecule has 0 spiro atoms. The van der Waals surface area contributed by atoms with Gasteiger partial charge in [0.15, 0.2) is 5.96 Å². The van der Waals surface area contributed by atoms with E-state index in [0.29, 0.717) is 5.96 Å². The molecule has 1 aromatic rings. The highest BCUT2D eigenvalue weighted by Crippen LogP contribution is 2.39. The summed E-state index contributed by atoms with van der Waals surface area (Å²) in [6, 6.07) is 8.07. The van der Waals surface area contributed by atoms with Crippen molar-refractivity contribution >= 4 is 11.9 Å². The van der Waals surface area contributed by atoms with Gasteiger partial charge in [-0.05, 0) is 19.9 Å². The summed E-state index contributed by atoms with van der Waals surface area (Å²) < 4.78 is 6.02. The minimum Gasteiger partial charge on any atom is -0.487 e. The van der Waals surface area contributed by atoms with Crippen molar-refractivity contribution in [2.75, 3.05) is 20.6 Å². The van der Waals surface area contributed by atoms with Crippen molar-refractivity contribution in [1.82, 2.24) is 16.0 Å². The van der Waals surface area contributed by atoms with Crippen molar-refractivity contribution < 1.29 is 9.53 Å². The van der Waals surface area contributed by atoms with Gasteiger partial charge in [-0.3, -0.25) is 9.79 Å². The Morgan fingerprint density at radius 3 is 2.82 bits per heavy atom. The van der Waals surface area contributed by atoms with Crippen molar-refractivity contribution in [3.63, 3.8) is 0 Å². The predicted octanol–water partition coefficient (Wildman–Crippen LogP) is 1.20. The number of rotatable bonds is 3. The minimum atomic E-state index is -0.258. The molecule has 1 unspecified atom stereocenters. The second-order valence-electron chi connectivity index (χ2n) is 5.90. The molecule has 2 rings (SSSR count). The number of benzene rings is 1. The summed E-state index contributed by atoms with van der Waals surface area (Å²) in [4.78, 5) is 15.5. The van der Waals surface area contributed by atoms with Crippen LogP contribution in [0.4, 0.5) is 0 Å². The van der Waals surface area contributed by atoms with E-state index in [1.807, 2.05) is 24.3 Å². The van der Waals surface area contributed by atoms with Crippen molar-refractivity contribution in [2.45, 2.75) is 31.9 Å². The van der Waals surface area contributed by atoms with E-state index < -0.39 is 0 Å². The lowest BCUT2D eigenvalue weighted by Gasteiger charge is -2.38. The Labute approximate surface area is 131 Å². The monoisotopic (exact) mass is 304 g/mol. The van der Waals surface area contributed by atoms with Crippen LogP contribution >= 0.6 is 0 Å². The molecule has 6 nitrogen and oxygen atoms in total. The third-order valence-corrected chi connectivity index (χ3v) is 3.61. The van der Waals surface area contributed by atoms with Gasteiger partial charge >= 0.3 is 0 Å². The Hall–Kier alpha value is -2.24. The van der Waals surface area contributed by atoms with Crippen LogP contribution in [-0.4, -0.2) is 38.1 Å². The molecule has 0 fully saturated rings. The molecule has 1 atom stereocenters. The largest absolute Gasteiger partial charge is 0.487 e. The molecule has 0 saturated carbocycles. The van der Waals surface area contributed by atoms with Crippen molar-refractivity contribution in [3.05, 3.63) is 29.8 Å². The highest BCUT2D eigenvalue weighted by atomic mass is 16.5. The molecule has 0 bridgehead atoms.